The Hall–Kier alpha value is -2.82. The normalized spacial score (nSPS) is 26.1. The van der Waals surface area contributed by atoms with Gasteiger partial charge in [0.25, 0.3) is 0 Å². The standard InChI is InChI=1S/C33H36Cl2F3N3O4/c34-20-6-7-21-23(17-20)40-28(43)33(21)25(27(42)41-31(33)12-14-32(37,38)15-13-31)24-19(5-8-22(35)26(24)36)18-39-16-4-11-30(29(44)45)9-2-1-3-10-30/h5-8,17,25,39H,1-4,9-16,18H2,(H,40,43)(H,41,42)(H,44,45)/t25-,33+/m0/s1. The average molecular weight is 667 g/mol. The number of carboxylic acids is 1. The van der Waals surface area contributed by atoms with Gasteiger partial charge in [0.2, 0.25) is 17.7 Å². The lowest BCUT2D eigenvalue weighted by Crippen LogP contribution is -2.61. The first-order valence-corrected chi connectivity index (χ1v) is 16.3. The first-order chi connectivity index (χ1) is 21.4. The number of anilines is 1. The molecule has 6 rings (SSSR count). The number of hydrogen-bond donors (Lipinski definition) is 4. The van der Waals surface area contributed by atoms with Crippen molar-refractivity contribution in [1.82, 2.24) is 10.6 Å². The van der Waals surface area contributed by atoms with Crippen molar-refractivity contribution in [1.29, 1.82) is 0 Å². The van der Waals surface area contributed by atoms with Crippen LogP contribution in [0.1, 0.15) is 93.2 Å². The molecule has 7 nitrogen and oxygen atoms in total. The van der Waals surface area contributed by atoms with Gasteiger partial charge in [0, 0.05) is 35.7 Å². The van der Waals surface area contributed by atoms with Crippen LogP contribution in [-0.2, 0) is 26.3 Å². The number of fused-ring (bicyclic) bond motifs is 3. The molecule has 12 heteroatoms. The van der Waals surface area contributed by atoms with Crippen LogP contribution in [0.15, 0.2) is 30.3 Å². The fraction of sp³-hybridized carbons (Fsp3) is 0.545. The Balaban J connectivity index is 1.36. The zero-order chi connectivity index (χ0) is 32.2. The van der Waals surface area contributed by atoms with E-state index in [1.165, 1.54) is 6.07 Å². The molecule has 4 aliphatic rings. The Bertz CT molecular complexity index is 1540. The van der Waals surface area contributed by atoms with Crippen molar-refractivity contribution in [2.45, 2.75) is 100.0 Å². The van der Waals surface area contributed by atoms with Gasteiger partial charge in [0.05, 0.1) is 21.9 Å². The maximum absolute atomic E-state index is 16.2. The van der Waals surface area contributed by atoms with Crippen molar-refractivity contribution >= 4 is 46.7 Å². The van der Waals surface area contributed by atoms with E-state index in [1.54, 1.807) is 24.3 Å². The highest BCUT2D eigenvalue weighted by Crippen LogP contribution is 2.62. The lowest BCUT2D eigenvalue weighted by molar-refractivity contribution is -0.151. The third-order valence-electron chi connectivity index (χ3n) is 10.8. The Morgan fingerprint density at radius 1 is 1.00 bits per heavy atom. The minimum atomic E-state index is -2.96. The third-order valence-corrected chi connectivity index (χ3v) is 11.3. The fourth-order valence-corrected chi connectivity index (χ4v) is 8.84. The minimum Gasteiger partial charge on any atom is -0.481 e. The van der Waals surface area contributed by atoms with Gasteiger partial charge in [-0.25, -0.2) is 13.2 Å². The van der Waals surface area contributed by atoms with Gasteiger partial charge in [-0.15, -0.1) is 0 Å². The SMILES string of the molecule is O=C1NC2(CCC(F)(F)CC2)[C@@]2(C(=O)Nc3cc(Cl)ccc32)[C@H]1c1c(CNCCCC2(C(=O)O)CCCCC2)ccc(Cl)c1F. The molecular formula is C33H36Cl2F3N3O4. The summed E-state index contributed by atoms with van der Waals surface area (Å²) < 4.78 is 45.3. The summed E-state index contributed by atoms with van der Waals surface area (Å²) in [5, 5.41) is 19.0. The zero-order valence-electron chi connectivity index (χ0n) is 24.7. The van der Waals surface area contributed by atoms with Crippen LogP contribution >= 0.6 is 23.2 Å². The number of carboxylic acid groups (broad SMARTS) is 1. The number of alkyl halides is 2. The van der Waals surface area contributed by atoms with Crippen molar-refractivity contribution in [3.05, 3.63) is 62.9 Å². The van der Waals surface area contributed by atoms with Crippen LogP contribution in [-0.4, -0.2) is 40.9 Å². The Kier molecular flexibility index (Phi) is 8.40. The molecule has 3 fully saturated rings. The Morgan fingerprint density at radius 2 is 1.71 bits per heavy atom. The number of hydrogen-bond acceptors (Lipinski definition) is 4. The van der Waals surface area contributed by atoms with Gasteiger partial charge in [-0.1, -0.05) is 54.6 Å². The monoisotopic (exact) mass is 665 g/mol. The molecule has 0 unspecified atom stereocenters. The van der Waals surface area contributed by atoms with Crippen LogP contribution in [0.4, 0.5) is 18.9 Å². The van der Waals surface area contributed by atoms with Gasteiger partial charge in [-0.05, 0) is 74.4 Å². The summed E-state index contributed by atoms with van der Waals surface area (Å²) in [7, 11) is 0. The fourth-order valence-electron chi connectivity index (χ4n) is 8.50. The summed E-state index contributed by atoms with van der Waals surface area (Å²) in [6, 6.07) is 7.71. The molecule has 2 aromatic carbocycles. The highest BCUT2D eigenvalue weighted by atomic mass is 35.5. The number of rotatable bonds is 8. The smallest absolute Gasteiger partial charge is 0.309 e. The summed E-state index contributed by atoms with van der Waals surface area (Å²) in [5.41, 5.74) is -2.79. The number of nitrogens with one attached hydrogen (secondary N) is 3. The zero-order valence-corrected chi connectivity index (χ0v) is 26.2. The average Bonchev–Trinajstić information content (AvgIpc) is 3.42. The van der Waals surface area contributed by atoms with E-state index in [2.05, 4.69) is 16.0 Å². The van der Waals surface area contributed by atoms with Crippen molar-refractivity contribution in [2.24, 2.45) is 5.41 Å². The summed E-state index contributed by atoms with van der Waals surface area (Å²) in [6.07, 6.45) is 3.76. The molecule has 45 heavy (non-hydrogen) atoms. The first kappa shape index (κ1) is 32.1. The van der Waals surface area contributed by atoms with Crippen LogP contribution in [0, 0.1) is 11.2 Å². The number of aliphatic carboxylic acids is 1. The topological polar surface area (TPSA) is 108 Å². The van der Waals surface area contributed by atoms with E-state index in [0.29, 0.717) is 54.1 Å². The molecule has 0 bridgehead atoms. The van der Waals surface area contributed by atoms with Gasteiger partial charge >= 0.3 is 5.97 Å². The molecule has 0 aromatic heterocycles. The van der Waals surface area contributed by atoms with Gasteiger partial charge in [0.1, 0.15) is 11.2 Å². The summed E-state index contributed by atoms with van der Waals surface area (Å²) in [5.74, 6) is -7.21. The summed E-state index contributed by atoms with van der Waals surface area (Å²) in [6.45, 7) is 0.561. The molecule has 2 heterocycles. The number of carbonyl (C=O) groups is 3. The molecule has 2 saturated carbocycles. The van der Waals surface area contributed by atoms with Crippen molar-refractivity contribution in [3.8, 4) is 0 Å². The lowest BCUT2D eigenvalue weighted by atomic mass is 9.55. The summed E-state index contributed by atoms with van der Waals surface area (Å²) >= 11 is 12.5. The number of amides is 2. The quantitative estimate of drug-likeness (QED) is 0.225. The van der Waals surface area contributed by atoms with E-state index in [4.69, 9.17) is 23.2 Å². The second-order valence-electron chi connectivity index (χ2n) is 13.2. The van der Waals surface area contributed by atoms with Gasteiger partial charge in [-0.2, -0.15) is 0 Å². The predicted molar refractivity (Wildman–Crippen MR) is 164 cm³/mol. The van der Waals surface area contributed by atoms with Gasteiger partial charge in [-0.3, -0.25) is 14.4 Å². The predicted octanol–water partition coefficient (Wildman–Crippen LogP) is 7.09. The molecule has 2 atom stereocenters. The number of carbonyl (C=O) groups excluding carboxylic acids is 2. The van der Waals surface area contributed by atoms with Crippen LogP contribution in [0.25, 0.3) is 0 Å². The van der Waals surface area contributed by atoms with E-state index in [9.17, 15) is 28.3 Å². The highest BCUT2D eigenvalue weighted by Gasteiger charge is 2.73. The Morgan fingerprint density at radius 3 is 2.40 bits per heavy atom. The second kappa shape index (κ2) is 11.8. The number of benzene rings is 2. The molecule has 1 saturated heterocycles. The van der Waals surface area contributed by atoms with Gasteiger partial charge < -0.3 is 21.1 Å². The second-order valence-corrected chi connectivity index (χ2v) is 14.0. The first-order valence-electron chi connectivity index (χ1n) is 15.6. The highest BCUT2D eigenvalue weighted by molar-refractivity contribution is 6.31. The molecule has 2 aliphatic heterocycles. The van der Waals surface area contributed by atoms with E-state index in [-0.39, 0.29) is 30.0 Å². The van der Waals surface area contributed by atoms with E-state index in [0.717, 1.165) is 19.3 Å². The molecule has 242 valence electrons. The molecule has 2 amide bonds. The maximum Gasteiger partial charge on any atom is 0.309 e. The Labute approximate surface area is 269 Å². The molecule has 2 aromatic rings. The van der Waals surface area contributed by atoms with E-state index in [1.807, 2.05) is 0 Å². The van der Waals surface area contributed by atoms with E-state index < -0.39 is 64.7 Å². The van der Waals surface area contributed by atoms with Crippen molar-refractivity contribution < 1.29 is 32.7 Å². The van der Waals surface area contributed by atoms with Gasteiger partial charge in [0.15, 0.2) is 0 Å². The van der Waals surface area contributed by atoms with Crippen LogP contribution in [0.3, 0.4) is 0 Å². The lowest BCUT2D eigenvalue weighted by Gasteiger charge is -2.47. The van der Waals surface area contributed by atoms with Crippen molar-refractivity contribution in [3.63, 3.8) is 0 Å². The molecule has 0 radical (unpaired) electrons. The molecular weight excluding hydrogens is 630 g/mol. The van der Waals surface area contributed by atoms with Crippen LogP contribution in [0.5, 0.6) is 0 Å². The third kappa shape index (κ3) is 5.21. The summed E-state index contributed by atoms with van der Waals surface area (Å²) in [4.78, 5) is 40.4. The molecule has 2 spiro atoms. The maximum atomic E-state index is 16.2. The largest absolute Gasteiger partial charge is 0.481 e. The molecule has 4 N–H and O–H groups in total. The van der Waals surface area contributed by atoms with Crippen LogP contribution in [0.2, 0.25) is 10.0 Å². The molecule has 2 aliphatic carbocycles. The number of halogens is 5. The van der Waals surface area contributed by atoms with Crippen LogP contribution < -0.4 is 16.0 Å². The van der Waals surface area contributed by atoms with E-state index >= 15 is 4.39 Å². The minimum absolute atomic E-state index is 0.0612. The van der Waals surface area contributed by atoms with Crippen molar-refractivity contribution in [2.75, 3.05) is 11.9 Å².